The van der Waals surface area contributed by atoms with Crippen LogP contribution in [0.25, 0.3) is 0 Å². The lowest BCUT2D eigenvalue weighted by Gasteiger charge is -2.18. The van der Waals surface area contributed by atoms with Gasteiger partial charge in [0.05, 0.1) is 0 Å². The van der Waals surface area contributed by atoms with E-state index < -0.39 is 0 Å². The van der Waals surface area contributed by atoms with E-state index in [1.807, 2.05) is 13.8 Å². The first kappa shape index (κ1) is 9.34. The largest absolute Gasteiger partial charge is 0.368 e. The van der Waals surface area contributed by atoms with Gasteiger partial charge in [0.1, 0.15) is 0 Å². The Morgan fingerprint density at radius 1 is 1.58 bits per heavy atom. The van der Waals surface area contributed by atoms with E-state index in [9.17, 15) is 0 Å². The van der Waals surface area contributed by atoms with Gasteiger partial charge in [0.2, 0.25) is 11.1 Å². The summed E-state index contributed by atoms with van der Waals surface area (Å²) in [5.41, 5.74) is 10.9. The van der Waals surface area contributed by atoms with Gasteiger partial charge in [-0.3, -0.25) is 0 Å². The molecule has 0 spiro atoms. The molecule has 0 aliphatic heterocycles. The maximum absolute atomic E-state index is 5.54. The van der Waals surface area contributed by atoms with Gasteiger partial charge in [-0.05, 0) is 13.8 Å². The third-order valence-corrected chi connectivity index (χ3v) is 2.43. The van der Waals surface area contributed by atoms with Gasteiger partial charge in [-0.15, -0.1) is 5.10 Å². The van der Waals surface area contributed by atoms with Crippen LogP contribution in [0, 0.1) is 0 Å². The third kappa shape index (κ3) is 2.38. The normalized spacial score (nSPS) is 11.9. The zero-order valence-electron chi connectivity index (χ0n) is 7.16. The summed E-state index contributed by atoms with van der Waals surface area (Å²) >= 11 is 1.51. The SMILES string of the molecule is CC(C)(CN)Sc1n[nH]c(N)n1. The molecule has 1 heterocycles. The van der Waals surface area contributed by atoms with Crippen molar-refractivity contribution in [2.45, 2.75) is 23.8 Å². The highest BCUT2D eigenvalue weighted by molar-refractivity contribution is 8.00. The molecule has 0 unspecified atom stereocenters. The van der Waals surface area contributed by atoms with Gasteiger partial charge in [-0.25, -0.2) is 5.10 Å². The quantitative estimate of drug-likeness (QED) is 0.588. The van der Waals surface area contributed by atoms with Crippen LogP contribution in [-0.2, 0) is 0 Å². The third-order valence-electron chi connectivity index (χ3n) is 1.34. The van der Waals surface area contributed by atoms with Crippen LogP contribution in [0.5, 0.6) is 0 Å². The van der Waals surface area contributed by atoms with Crippen molar-refractivity contribution in [3.8, 4) is 0 Å². The topological polar surface area (TPSA) is 93.6 Å². The number of nitrogens with one attached hydrogen (secondary N) is 1. The Morgan fingerprint density at radius 3 is 2.67 bits per heavy atom. The molecule has 0 radical (unpaired) electrons. The fraction of sp³-hybridized carbons (Fsp3) is 0.667. The first-order valence-electron chi connectivity index (χ1n) is 3.60. The summed E-state index contributed by atoms with van der Waals surface area (Å²) < 4.78 is -0.0470. The van der Waals surface area contributed by atoms with Gasteiger partial charge in [-0.1, -0.05) is 11.8 Å². The van der Waals surface area contributed by atoms with Crippen molar-refractivity contribution < 1.29 is 0 Å². The van der Waals surface area contributed by atoms with Gasteiger partial charge in [0, 0.05) is 11.3 Å². The number of nitrogens with zero attached hydrogens (tertiary/aromatic N) is 2. The van der Waals surface area contributed by atoms with Crippen LogP contribution in [0.2, 0.25) is 0 Å². The van der Waals surface area contributed by atoms with E-state index in [2.05, 4.69) is 15.2 Å². The Kier molecular flexibility index (Phi) is 2.58. The number of nitrogen functional groups attached to an aromatic ring is 1. The van der Waals surface area contributed by atoms with Crippen LogP contribution in [-0.4, -0.2) is 26.5 Å². The Balaban J connectivity index is 2.63. The summed E-state index contributed by atoms with van der Waals surface area (Å²) in [5, 5.41) is 7.11. The number of aromatic nitrogens is 3. The predicted octanol–water partition coefficient (Wildman–Crippen LogP) is 0.216. The minimum atomic E-state index is -0.0470. The van der Waals surface area contributed by atoms with Crippen LogP contribution >= 0.6 is 11.8 Å². The average molecular weight is 187 g/mol. The van der Waals surface area contributed by atoms with E-state index in [1.165, 1.54) is 11.8 Å². The Hall–Kier alpha value is -0.750. The Bertz CT molecular complexity index is 256. The zero-order valence-corrected chi connectivity index (χ0v) is 7.98. The summed E-state index contributed by atoms with van der Waals surface area (Å²) in [6, 6.07) is 0. The average Bonchev–Trinajstić information content (AvgIpc) is 2.35. The molecule has 0 fully saturated rings. The molecule has 0 aromatic carbocycles. The first-order chi connectivity index (χ1) is 5.53. The number of thioether (sulfide) groups is 1. The van der Waals surface area contributed by atoms with Gasteiger partial charge >= 0.3 is 0 Å². The van der Waals surface area contributed by atoms with Gasteiger partial charge < -0.3 is 11.5 Å². The molecule has 0 aliphatic rings. The molecule has 0 bridgehead atoms. The van der Waals surface area contributed by atoms with E-state index in [1.54, 1.807) is 0 Å². The molecule has 0 saturated heterocycles. The van der Waals surface area contributed by atoms with Crippen molar-refractivity contribution in [2.75, 3.05) is 12.3 Å². The van der Waals surface area contributed by atoms with Crippen molar-refractivity contribution >= 4 is 17.7 Å². The maximum atomic E-state index is 5.54. The fourth-order valence-electron chi connectivity index (χ4n) is 0.593. The van der Waals surface area contributed by atoms with Crippen molar-refractivity contribution in [2.24, 2.45) is 5.73 Å². The number of anilines is 1. The van der Waals surface area contributed by atoms with Crippen LogP contribution in [0.3, 0.4) is 0 Å². The monoisotopic (exact) mass is 187 g/mol. The minimum Gasteiger partial charge on any atom is -0.368 e. The first-order valence-corrected chi connectivity index (χ1v) is 4.42. The highest BCUT2D eigenvalue weighted by atomic mass is 32.2. The highest BCUT2D eigenvalue weighted by Crippen LogP contribution is 2.28. The summed E-state index contributed by atoms with van der Waals surface area (Å²) in [5.74, 6) is 0.338. The molecule has 0 aliphatic carbocycles. The Morgan fingerprint density at radius 2 is 2.25 bits per heavy atom. The fourth-order valence-corrected chi connectivity index (χ4v) is 1.41. The van der Waals surface area contributed by atoms with Crippen molar-refractivity contribution in [1.82, 2.24) is 15.2 Å². The standard InChI is InChI=1S/C6H13N5S/c1-6(2,3-7)12-5-9-4(8)10-11-5/h3,7H2,1-2H3,(H3,8,9,10,11). The lowest BCUT2D eigenvalue weighted by atomic mass is 10.2. The molecule has 5 N–H and O–H groups in total. The smallest absolute Gasteiger partial charge is 0.216 e. The lowest BCUT2D eigenvalue weighted by Crippen LogP contribution is -2.26. The summed E-state index contributed by atoms with van der Waals surface area (Å²) in [6.07, 6.45) is 0. The molecule has 5 nitrogen and oxygen atoms in total. The van der Waals surface area contributed by atoms with Crippen LogP contribution in [0.15, 0.2) is 5.16 Å². The predicted molar refractivity (Wildman–Crippen MR) is 49.8 cm³/mol. The summed E-state index contributed by atoms with van der Waals surface area (Å²) in [6.45, 7) is 4.64. The minimum absolute atomic E-state index is 0.0470. The van der Waals surface area contributed by atoms with E-state index in [0.717, 1.165) is 0 Å². The van der Waals surface area contributed by atoms with Gasteiger partial charge in [-0.2, -0.15) is 4.98 Å². The molecular weight excluding hydrogens is 174 g/mol. The molecule has 0 atom stereocenters. The number of hydrogen-bond donors (Lipinski definition) is 3. The van der Waals surface area contributed by atoms with E-state index in [4.69, 9.17) is 11.5 Å². The van der Waals surface area contributed by atoms with Crippen LogP contribution in [0.4, 0.5) is 5.95 Å². The van der Waals surface area contributed by atoms with Crippen molar-refractivity contribution in [3.63, 3.8) is 0 Å². The summed E-state index contributed by atoms with van der Waals surface area (Å²) in [7, 11) is 0. The van der Waals surface area contributed by atoms with Crippen molar-refractivity contribution in [1.29, 1.82) is 0 Å². The number of H-pyrrole nitrogens is 1. The molecule has 1 rings (SSSR count). The maximum Gasteiger partial charge on any atom is 0.216 e. The number of rotatable bonds is 3. The van der Waals surface area contributed by atoms with E-state index >= 15 is 0 Å². The van der Waals surface area contributed by atoms with Crippen LogP contribution < -0.4 is 11.5 Å². The van der Waals surface area contributed by atoms with Crippen LogP contribution in [0.1, 0.15) is 13.8 Å². The van der Waals surface area contributed by atoms with Gasteiger partial charge in [0.25, 0.3) is 0 Å². The number of hydrogen-bond acceptors (Lipinski definition) is 5. The molecule has 1 aromatic heterocycles. The molecule has 68 valence electrons. The van der Waals surface area contributed by atoms with Gasteiger partial charge in [0.15, 0.2) is 0 Å². The lowest BCUT2D eigenvalue weighted by molar-refractivity contribution is 0.718. The van der Waals surface area contributed by atoms with E-state index in [-0.39, 0.29) is 4.75 Å². The second-order valence-corrected chi connectivity index (χ2v) is 4.74. The molecule has 6 heteroatoms. The van der Waals surface area contributed by atoms with E-state index in [0.29, 0.717) is 17.6 Å². The summed E-state index contributed by atoms with van der Waals surface area (Å²) in [4.78, 5) is 3.96. The van der Waals surface area contributed by atoms with Crippen molar-refractivity contribution in [3.05, 3.63) is 0 Å². The highest BCUT2D eigenvalue weighted by Gasteiger charge is 2.19. The zero-order chi connectivity index (χ0) is 9.19. The molecule has 0 saturated carbocycles. The second kappa shape index (κ2) is 3.32. The molecule has 12 heavy (non-hydrogen) atoms. The molecular formula is C6H13N5S. The number of nitrogens with two attached hydrogens (primary N) is 2. The Labute approximate surface area is 75.3 Å². The molecule has 0 amide bonds. The molecule has 1 aromatic rings. The number of aromatic amines is 1. The second-order valence-electron chi connectivity index (χ2n) is 3.07.